The van der Waals surface area contributed by atoms with Crippen LogP contribution in [-0.4, -0.2) is 71.7 Å². The van der Waals surface area contributed by atoms with E-state index in [0.717, 1.165) is 25.9 Å². The van der Waals surface area contributed by atoms with Gasteiger partial charge in [-0.25, -0.2) is 0 Å². The van der Waals surface area contributed by atoms with Gasteiger partial charge < -0.3 is 10.0 Å². The fourth-order valence-electron chi connectivity index (χ4n) is 3.65. The van der Waals surface area contributed by atoms with Gasteiger partial charge >= 0.3 is 5.97 Å². The van der Waals surface area contributed by atoms with Crippen LogP contribution in [0.4, 0.5) is 0 Å². The molecule has 1 saturated carbocycles. The summed E-state index contributed by atoms with van der Waals surface area (Å²) in [5.74, 6) is -0.718. The quantitative estimate of drug-likeness (QED) is 0.709. The molecule has 0 aromatic carbocycles. The predicted octanol–water partition coefficient (Wildman–Crippen LogP) is 1.39. The molecule has 21 heavy (non-hydrogen) atoms. The lowest BCUT2D eigenvalue weighted by atomic mass is 9.92. The van der Waals surface area contributed by atoms with Gasteiger partial charge in [0.2, 0.25) is 0 Å². The number of nitrogens with zero attached hydrogens (tertiary/aromatic N) is 2. The van der Waals surface area contributed by atoms with Crippen molar-refractivity contribution < 1.29 is 9.90 Å². The standard InChI is InChI=1S/C16H31N3O2/c1-12(19-9-5-6-14(19)11-18(3)4)10-16(2,15(20)21)17-13-7-8-13/h12-14,17H,5-11H2,1-4H3,(H,20,21). The van der Waals surface area contributed by atoms with Crippen LogP contribution in [-0.2, 0) is 4.79 Å². The normalized spacial score (nSPS) is 27.8. The molecule has 2 N–H and O–H groups in total. The van der Waals surface area contributed by atoms with E-state index in [1.165, 1.54) is 12.8 Å². The summed E-state index contributed by atoms with van der Waals surface area (Å²) in [6.45, 7) is 6.19. The van der Waals surface area contributed by atoms with Gasteiger partial charge in [-0.2, -0.15) is 0 Å². The number of rotatable bonds is 8. The summed E-state index contributed by atoms with van der Waals surface area (Å²) in [6.07, 6.45) is 5.35. The molecule has 5 heteroatoms. The van der Waals surface area contributed by atoms with Gasteiger partial charge in [0.1, 0.15) is 5.54 Å². The Hall–Kier alpha value is -0.650. The molecule has 1 aliphatic carbocycles. The Bertz CT molecular complexity index is 371. The number of hydrogen-bond acceptors (Lipinski definition) is 4. The highest BCUT2D eigenvalue weighted by atomic mass is 16.4. The maximum atomic E-state index is 11.7. The molecule has 0 amide bonds. The first-order chi connectivity index (χ1) is 9.82. The van der Waals surface area contributed by atoms with Crippen LogP contribution in [0.5, 0.6) is 0 Å². The molecule has 5 nitrogen and oxygen atoms in total. The van der Waals surface area contributed by atoms with E-state index in [1.54, 1.807) is 0 Å². The van der Waals surface area contributed by atoms with E-state index in [9.17, 15) is 9.90 Å². The summed E-state index contributed by atoms with van der Waals surface area (Å²) in [4.78, 5) is 16.4. The third-order valence-corrected chi connectivity index (χ3v) is 4.84. The predicted molar refractivity (Wildman–Crippen MR) is 84.6 cm³/mol. The third-order valence-electron chi connectivity index (χ3n) is 4.84. The minimum Gasteiger partial charge on any atom is -0.480 e. The summed E-state index contributed by atoms with van der Waals surface area (Å²) in [6, 6.07) is 1.27. The van der Waals surface area contributed by atoms with E-state index >= 15 is 0 Å². The van der Waals surface area contributed by atoms with E-state index < -0.39 is 11.5 Å². The molecule has 0 spiro atoms. The lowest BCUT2D eigenvalue weighted by molar-refractivity contribution is -0.145. The zero-order chi connectivity index (χ0) is 15.6. The second kappa shape index (κ2) is 6.63. The van der Waals surface area contributed by atoms with E-state index in [4.69, 9.17) is 0 Å². The molecule has 1 heterocycles. The van der Waals surface area contributed by atoms with Crippen molar-refractivity contribution in [1.29, 1.82) is 0 Å². The first-order valence-corrected chi connectivity index (χ1v) is 8.23. The monoisotopic (exact) mass is 297 g/mol. The SMILES string of the molecule is CC(CC(C)(NC1CC1)C(=O)O)N1CCCC1CN(C)C. The minimum atomic E-state index is -0.800. The van der Waals surface area contributed by atoms with Crippen molar-refractivity contribution in [3.63, 3.8) is 0 Å². The number of likely N-dealkylation sites (N-methyl/N-ethyl adjacent to an activating group) is 1. The van der Waals surface area contributed by atoms with Crippen LogP contribution in [0.1, 0.15) is 46.0 Å². The van der Waals surface area contributed by atoms with Gasteiger partial charge in [0.05, 0.1) is 0 Å². The van der Waals surface area contributed by atoms with Gasteiger partial charge in [-0.3, -0.25) is 15.0 Å². The number of carboxylic acid groups (broad SMARTS) is 1. The smallest absolute Gasteiger partial charge is 0.323 e. The summed E-state index contributed by atoms with van der Waals surface area (Å²) >= 11 is 0. The molecule has 0 aromatic rings. The van der Waals surface area contributed by atoms with Gasteiger partial charge in [0.25, 0.3) is 0 Å². The lowest BCUT2D eigenvalue weighted by Gasteiger charge is -2.37. The first-order valence-electron chi connectivity index (χ1n) is 8.23. The molecule has 0 aromatic heterocycles. The Morgan fingerprint density at radius 1 is 1.43 bits per heavy atom. The number of hydrogen-bond donors (Lipinski definition) is 2. The van der Waals surface area contributed by atoms with Gasteiger partial charge in [-0.1, -0.05) is 0 Å². The van der Waals surface area contributed by atoms with Crippen molar-refractivity contribution in [2.75, 3.05) is 27.2 Å². The minimum absolute atomic E-state index is 0.296. The van der Waals surface area contributed by atoms with Gasteiger partial charge in [0, 0.05) is 24.7 Å². The van der Waals surface area contributed by atoms with Crippen LogP contribution >= 0.6 is 0 Å². The van der Waals surface area contributed by atoms with Crippen LogP contribution in [0.2, 0.25) is 0 Å². The molecule has 3 unspecified atom stereocenters. The van der Waals surface area contributed by atoms with Crippen LogP contribution in [0, 0.1) is 0 Å². The molecule has 0 radical (unpaired) electrons. The molecule has 2 aliphatic rings. The number of aliphatic carboxylic acids is 1. The topological polar surface area (TPSA) is 55.8 Å². The fourth-order valence-corrected chi connectivity index (χ4v) is 3.65. The van der Waals surface area contributed by atoms with E-state index in [0.29, 0.717) is 24.5 Å². The average Bonchev–Trinajstić information content (AvgIpc) is 3.04. The maximum Gasteiger partial charge on any atom is 0.323 e. The highest BCUT2D eigenvalue weighted by Crippen LogP contribution is 2.28. The van der Waals surface area contributed by atoms with Gasteiger partial charge in [0.15, 0.2) is 0 Å². The highest BCUT2D eigenvalue weighted by Gasteiger charge is 2.41. The second-order valence-corrected chi connectivity index (χ2v) is 7.41. The Kier molecular flexibility index (Phi) is 5.28. The van der Waals surface area contributed by atoms with Gasteiger partial charge in [-0.05, 0) is 66.6 Å². The number of likely N-dealkylation sites (tertiary alicyclic amines) is 1. The van der Waals surface area contributed by atoms with Crippen LogP contribution in [0.3, 0.4) is 0 Å². The largest absolute Gasteiger partial charge is 0.480 e. The second-order valence-electron chi connectivity index (χ2n) is 7.41. The average molecular weight is 297 g/mol. The molecule has 122 valence electrons. The molecule has 1 saturated heterocycles. The third kappa shape index (κ3) is 4.41. The van der Waals surface area contributed by atoms with Gasteiger partial charge in [-0.15, -0.1) is 0 Å². The zero-order valence-electron chi connectivity index (χ0n) is 13.9. The van der Waals surface area contributed by atoms with Crippen molar-refractivity contribution in [2.24, 2.45) is 0 Å². The lowest BCUT2D eigenvalue weighted by Crippen LogP contribution is -2.55. The van der Waals surface area contributed by atoms with Crippen LogP contribution < -0.4 is 5.32 Å². The van der Waals surface area contributed by atoms with Crippen LogP contribution in [0.25, 0.3) is 0 Å². The Morgan fingerprint density at radius 2 is 2.10 bits per heavy atom. The van der Waals surface area contributed by atoms with Crippen molar-refractivity contribution >= 4 is 5.97 Å². The van der Waals surface area contributed by atoms with E-state index in [-0.39, 0.29) is 0 Å². The Morgan fingerprint density at radius 3 is 2.62 bits per heavy atom. The maximum absolute atomic E-state index is 11.7. The molecule has 2 rings (SSSR count). The van der Waals surface area contributed by atoms with E-state index in [2.05, 4.69) is 36.1 Å². The summed E-state index contributed by atoms with van der Waals surface area (Å²) < 4.78 is 0. The Balaban J connectivity index is 1.97. The summed E-state index contributed by atoms with van der Waals surface area (Å²) in [5.41, 5.74) is -0.800. The Labute approximate surface area is 128 Å². The number of nitrogens with one attached hydrogen (secondary N) is 1. The summed E-state index contributed by atoms with van der Waals surface area (Å²) in [5, 5.41) is 13.0. The molecular formula is C16H31N3O2. The van der Waals surface area contributed by atoms with Crippen molar-refractivity contribution in [3.8, 4) is 0 Å². The molecule has 3 atom stereocenters. The van der Waals surface area contributed by atoms with Crippen LogP contribution in [0.15, 0.2) is 0 Å². The molecule has 1 aliphatic heterocycles. The fraction of sp³-hybridized carbons (Fsp3) is 0.938. The molecule has 0 bridgehead atoms. The van der Waals surface area contributed by atoms with Crippen molar-refractivity contribution in [3.05, 3.63) is 0 Å². The molecule has 2 fully saturated rings. The number of carboxylic acids is 1. The van der Waals surface area contributed by atoms with Crippen molar-refractivity contribution in [1.82, 2.24) is 15.1 Å². The zero-order valence-corrected chi connectivity index (χ0v) is 13.9. The number of carbonyl (C=O) groups is 1. The highest BCUT2D eigenvalue weighted by molar-refractivity contribution is 5.78. The van der Waals surface area contributed by atoms with Crippen molar-refractivity contribution in [2.45, 2.75) is 69.6 Å². The first kappa shape index (κ1) is 16.7. The summed E-state index contributed by atoms with van der Waals surface area (Å²) in [7, 11) is 4.22. The van der Waals surface area contributed by atoms with E-state index in [1.807, 2.05) is 6.92 Å². The molecular weight excluding hydrogens is 266 g/mol.